The van der Waals surface area contributed by atoms with Crippen LogP contribution in [0.3, 0.4) is 0 Å². The van der Waals surface area contributed by atoms with Crippen LogP contribution in [0.25, 0.3) is 5.65 Å². The number of ether oxygens (including phenoxy) is 1. The summed E-state index contributed by atoms with van der Waals surface area (Å²) in [6.07, 6.45) is 6.26. The summed E-state index contributed by atoms with van der Waals surface area (Å²) >= 11 is 0. The summed E-state index contributed by atoms with van der Waals surface area (Å²) < 4.78 is 8.49. The summed E-state index contributed by atoms with van der Waals surface area (Å²) in [5, 5.41) is 8.81. The lowest BCUT2D eigenvalue weighted by molar-refractivity contribution is 0.176. The van der Waals surface area contributed by atoms with E-state index >= 15 is 0 Å². The maximum Gasteiger partial charge on any atom is 0.161 e. The van der Waals surface area contributed by atoms with Gasteiger partial charge in [-0.05, 0) is 62.5 Å². The predicted octanol–water partition coefficient (Wildman–Crippen LogP) is 3.41. The first-order valence-corrected chi connectivity index (χ1v) is 9.76. The van der Waals surface area contributed by atoms with E-state index in [1.54, 1.807) is 0 Å². The van der Waals surface area contributed by atoms with Gasteiger partial charge in [0.05, 0.1) is 12.2 Å². The minimum Gasteiger partial charge on any atom is -0.484 e. The van der Waals surface area contributed by atoms with Crippen molar-refractivity contribution in [1.29, 1.82) is 0 Å². The fourth-order valence-electron chi connectivity index (χ4n) is 4.49. The summed E-state index contributed by atoms with van der Waals surface area (Å²) in [5.41, 5.74) is 9.55. The maximum atomic E-state index is 6.41. The van der Waals surface area contributed by atoms with E-state index in [1.807, 2.05) is 18.3 Å². The number of likely N-dealkylation sites (tertiary alicyclic amines) is 1. The number of fused-ring (bicyclic) bond motifs is 2. The molecule has 0 saturated carbocycles. The Hall–Kier alpha value is -2.44. The standard InChI is InChI=1S/C21H25N5O/c1-25-12-4-7-18(25)21-24-23-20-11-8-14(13-26(20)21)27-19-10-9-17(22)15-5-2-3-6-16(15)19/h2-3,5-6,8,11,13,17-19H,4,7,9-10,12,22H2,1H3/t17-,18-,19-/m0/s1. The van der Waals surface area contributed by atoms with Gasteiger partial charge in [0.15, 0.2) is 11.5 Å². The molecule has 2 N–H and O–H groups in total. The van der Waals surface area contributed by atoms with Crippen molar-refractivity contribution in [3.63, 3.8) is 0 Å². The Morgan fingerprint density at radius 1 is 1.04 bits per heavy atom. The number of hydrogen-bond acceptors (Lipinski definition) is 5. The molecule has 1 aromatic carbocycles. The Labute approximate surface area is 159 Å². The zero-order valence-corrected chi connectivity index (χ0v) is 15.6. The van der Waals surface area contributed by atoms with Gasteiger partial charge in [0.2, 0.25) is 0 Å². The number of nitrogens with zero attached hydrogens (tertiary/aromatic N) is 4. The Morgan fingerprint density at radius 2 is 1.89 bits per heavy atom. The van der Waals surface area contributed by atoms with E-state index in [2.05, 4.69) is 50.8 Å². The van der Waals surface area contributed by atoms with Crippen LogP contribution in [-0.4, -0.2) is 33.1 Å². The average Bonchev–Trinajstić information content (AvgIpc) is 3.29. The monoisotopic (exact) mass is 363 g/mol. The number of pyridine rings is 1. The first-order chi connectivity index (χ1) is 13.2. The molecule has 27 heavy (non-hydrogen) atoms. The van der Waals surface area contributed by atoms with Crippen LogP contribution in [0, 0.1) is 0 Å². The van der Waals surface area contributed by atoms with Gasteiger partial charge in [-0.15, -0.1) is 10.2 Å². The zero-order valence-electron chi connectivity index (χ0n) is 15.6. The highest BCUT2D eigenvalue weighted by Crippen LogP contribution is 2.38. The van der Waals surface area contributed by atoms with Gasteiger partial charge in [0, 0.05) is 6.04 Å². The van der Waals surface area contributed by atoms with Crippen molar-refractivity contribution in [3.05, 3.63) is 59.5 Å². The fourth-order valence-corrected chi connectivity index (χ4v) is 4.49. The molecule has 0 spiro atoms. The second kappa shape index (κ2) is 6.62. The van der Waals surface area contributed by atoms with E-state index in [9.17, 15) is 0 Å². The van der Waals surface area contributed by atoms with Crippen LogP contribution in [0.2, 0.25) is 0 Å². The summed E-state index contributed by atoms with van der Waals surface area (Å²) in [5.74, 6) is 1.85. The van der Waals surface area contributed by atoms with Crippen LogP contribution in [-0.2, 0) is 0 Å². The third kappa shape index (κ3) is 2.89. The van der Waals surface area contributed by atoms with Crippen LogP contribution in [0.1, 0.15) is 60.8 Å². The molecule has 0 bridgehead atoms. The topological polar surface area (TPSA) is 68.7 Å². The summed E-state index contributed by atoms with van der Waals surface area (Å²) in [4.78, 5) is 2.35. The molecule has 140 valence electrons. The van der Waals surface area contributed by atoms with Gasteiger partial charge in [-0.3, -0.25) is 9.30 Å². The Kier molecular flexibility index (Phi) is 4.10. The lowest BCUT2D eigenvalue weighted by Crippen LogP contribution is -2.23. The number of benzene rings is 1. The predicted molar refractivity (Wildman–Crippen MR) is 104 cm³/mol. The van der Waals surface area contributed by atoms with Crippen LogP contribution in [0.5, 0.6) is 5.75 Å². The molecule has 6 nitrogen and oxygen atoms in total. The van der Waals surface area contributed by atoms with Crippen molar-refractivity contribution in [2.75, 3.05) is 13.6 Å². The zero-order chi connectivity index (χ0) is 18.4. The molecule has 0 unspecified atom stereocenters. The highest BCUT2D eigenvalue weighted by Gasteiger charge is 2.28. The van der Waals surface area contributed by atoms with E-state index in [-0.39, 0.29) is 12.1 Å². The van der Waals surface area contributed by atoms with Crippen LogP contribution >= 0.6 is 0 Å². The molecule has 2 aromatic heterocycles. The third-order valence-electron chi connectivity index (χ3n) is 5.98. The first-order valence-electron chi connectivity index (χ1n) is 9.76. The van der Waals surface area contributed by atoms with E-state index in [4.69, 9.17) is 10.5 Å². The van der Waals surface area contributed by atoms with E-state index in [0.29, 0.717) is 6.04 Å². The van der Waals surface area contributed by atoms with Crippen molar-refractivity contribution in [1.82, 2.24) is 19.5 Å². The van der Waals surface area contributed by atoms with Crippen LogP contribution in [0.15, 0.2) is 42.6 Å². The number of hydrogen-bond donors (Lipinski definition) is 1. The van der Waals surface area contributed by atoms with E-state index < -0.39 is 0 Å². The minimum absolute atomic E-state index is 0.0348. The minimum atomic E-state index is 0.0348. The Balaban J connectivity index is 1.47. The molecule has 1 fully saturated rings. The van der Waals surface area contributed by atoms with Gasteiger partial charge in [-0.1, -0.05) is 24.3 Å². The summed E-state index contributed by atoms with van der Waals surface area (Å²) in [6.45, 7) is 1.11. The molecule has 0 radical (unpaired) electrons. The smallest absolute Gasteiger partial charge is 0.161 e. The van der Waals surface area contributed by atoms with Crippen LogP contribution < -0.4 is 10.5 Å². The highest BCUT2D eigenvalue weighted by molar-refractivity contribution is 5.42. The average molecular weight is 363 g/mol. The number of rotatable bonds is 3. The molecule has 0 amide bonds. The Bertz CT molecular complexity index is 968. The van der Waals surface area contributed by atoms with Gasteiger partial charge in [0.1, 0.15) is 11.9 Å². The van der Waals surface area contributed by atoms with Crippen LogP contribution in [0.4, 0.5) is 0 Å². The highest BCUT2D eigenvalue weighted by atomic mass is 16.5. The maximum absolute atomic E-state index is 6.41. The van der Waals surface area contributed by atoms with Gasteiger partial charge in [0.25, 0.3) is 0 Å². The lowest BCUT2D eigenvalue weighted by atomic mass is 9.86. The second-order valence-electron chi connectivity index (χ2n) is 7.71. The SMILES string of the molecule is CN1CCC[C@H]1c1nnc2ccc(O[C@H]3CC[C@H](N)c4ccccc43)cn12. The summed E-state index contributed by atoms with van der Waals surface area (Å²) in [6, 6.07) is 12.8. The quantitative estimate of drug-likeness (QED) is 0.772. The fraction of sp³-hybridized carbons (Fsp3) is 0.429. The van der Waals surface area contributed by atoms with Crippen molar-refractivity contribution >= 4 is 5.65 Å². The molecule has 3 aromatic rings. The summed E-state index contributed by atoms with van der Waals surface area (Å²) in [7, 11) is 2.15. The van der Waals surface area contributed by atoms with Crippen molar-refractivity contribution < 1.29 is 4.74 Å². The third-order valence-corrected chi connectivity index (χ3v) is 5.98. The lowest BCUT2D eigenvalue weighted by Gasteiger charge is -2.30. The Morgan fingerprint density at radius 3 is 2.70 bits per heavy atom. The second-order valence-corrected chi connectivity index (χ2v) is 7.71. The molecule has 2 aliphatic rings. The molecular weight excluding hydrogens is 338 g/mol. The number of nitrogens with two attached hydrogens (primary N) is 1. The molecular formula is C21H25N5O. The van der Waals surface area contributed by atoms with Gasteiger partial charge in [-0.2, -0.15) is 0 Å². The normalized spacial score (nSPS) is 25.6. The molecule has 1 aliphatic heterocycles. The number of aromatic nitrogens is 3. The molecule has 5 rings (SSSR count). The van der Waals surface area contributed by atoms with Crippen molar-refractivity contribution in [2.45, 2.75) is 43.9 Å². The van der Waals surface area contributed by atoms with Gasteiger partial charge >= 0.3 is 0 Å². The van der Waals surface area contributed by atoms with E-state index in [1.165, 1.54) is 17.5 Å². The van der Waals surface area contributed by atoms with Gasteiger partial charge < -0.3 is 10.5 Å². The molecule has 6 heteroatoms. The molecule has 1 aliphatic carbocycles. The van der Waals surface area contributed by atoms with Crippen molar-refractivity contribution in [3.8, 4) is 5.75 Å². The molecule has 3 heterocycles. The molecule has 1 saturated heterocycles. The molecule has 3 atom stereocenters. The largest absolute Gasteiger partial charge is 0.484 e. The van der Waals surface area contributed by atoms with Crippen molar-refractivity contribution in [2.24, 2.45) is 5.73 Å². The first kappa shape index (κ1) is 16.7. The van der Waals surface area contributed by atoms with Gasteiger partial charge in [-0.25, -0.2) is 0 Å². The van der Waals surface area contributed by atoms with E-state index in [0.717, 1.165) is 43.0 Å².